The maximum atomic E-state index is 13.5. The average molecular weight is 334 g/mol. The van der Waals surface area contributed by atoms with Gasteiger partial charge in [-0.2, -0.15) is 0 Å². The summed E-state index contributed by atoms with van der Waals surface area (Å²) >= 11 is 0.624. The smallest absolute Gasteiger partial charge is 0.358 e. The van der Waals surface area contributed by atoms with E-state index in [9.17, 15) is 22.0 Å². The van der Waals surface area contributed by atoms with E-state index in [1.165, 1.54) is 0 Å². The number of hydrogen-bond acceptors (Lipinski definition) is 6. The van der Waals surface area contributed by atoms with Gasteiger partial charge in [-0.25, -0.2) is 27.0 Å². The van der Waals surface area contributed by atoms with Gasteiger partial charge in [0.1, 0.15) is 17.3 Å². The Morgan fingerprint density at radius 1 is 1.33 bits per heavy atom. The van der Waals surface area contributed by atoms with Crippen molar-refractivity contribution in [3.8, 4) is 0 Å². The number of sulfonamides is 1. The van der Waals surface area contributed by atoms with Gasteiger partial charge in [-0.1, -0.05) is 6.07 Å². The molecule has 0 saturated carbocycles. The van der Waals surface area contributed by atoms with E-state index in [4.69, 9.17) is 0 Å². The van der Waals surface area contributed by atoms with E-state index in [0.717, 1.165) is 30.8 Å². The summed E-state index contributed by atoms with van der Waals surface area (Å²) in [7, 11) is -3.32. The van der Waals surface area contributed by atoms with Gasteiger partial charge in [-0.05, 0) is 12.1 Å². The number of anilines is 1. The number of nitrogens with zero attached hydrogens (tertiary/aromatic N) is 1. The summed E-state index contributed by atoms with van der Waals surface area (Å²) in [6, 6.07) is 2.89. The highest BCUT2D eigenvalue weighted by molar-refractivity contribution is 7.94. The Labute approximate surface area is 122 Å². The quantitative estimate of drug-likeness (QED) is 0.865. The number of esters is 1. The normalized spacial score (nSPS) is 11.2. The van der Waals surface area contributed by atoms with Crippen molar-refractivity contribution in [1.82, 2.24) is 4.98 Å². The van der Waals surface area contributed by atoms with Crippen LogP contribution in [0.3, 0.4) is 0 Å². The van der Waals surface area contributed by atoms with Crippen LogP contribution in [0.4, 0.5) is 14.5 Å². The number of carbonyl (C=O) groups excluding carboxylic acids is 1. The predicted molar refractivity (Wildman–Crippen MR) is 70.6 cm³/mol. The lowest BCUT2D eigenvalue weighted by molar-refractivity contribution is 0.0590. The van der Waals surface area contributed by atoms with Crippen molar-refractivity contribution in [2.45, 2.75) is 4.21 Å². The van der Waals surface area contributed by atoms with Crippen LogP contribution in [0.2, 0.25) is 0 Å². The molecule has 0 aliphatic heterocycles. The number of para-hydroxylation sites is 1. The van der Waals surface area contributed by atoms with Crippen LogP contribution >= 0.6 is 11.3 Å². The van der Waals surface area contributed by atoms with E-state index in [1.54, 1.807) is 4.72 Å². The first kappa shape index (κ1) is 15.3. The monoisotopic (exact) mass is 334 g/mol. The molecule has 0 unspecified atom stereocenters. The van der Waals surface area contributed by atoms with Gasteiger partial charge in [0, 0.05) is 0 Å². The molecule has 1 aromatic carbocycles. The summed E-state index contributed by atoms with van der Waals surface area (Å²) in [6.45, 7) is 0. The molecule has 0 amide bonds. The number of aromatic nitrogens is 1. The Bertz CT molecular complexity index is 769. The maximum absolute atomic E-state index is 13.5. The average Bonchev–Trinajstić information content (AvgIpc) is 2.92. The number of benzene rings is 1. The zero-order valence-corrected chi connectivity index (χ0v) is 12.1. The van der Waals surface area contributed by atoms with E-state index in [-0.39, 0.29) is 0 Å². The molecule has 0 aliphatic carbocycles. The molecule has 1 N–H and O–H groups in total. The Morgan fingerprint density at radius 2 is 1.95 bits per heavy atom. The lowest BCUT2D eigenvalue weighted by atomic mass is 10.3. The minimum absolute atomic E-state index is 0.452. The molecule has 21 heavy (non-hydrogen) atoms. The highest BCUT2D eigenvalue weighted by atomic mass is 32.2. The molecule has 6 nitrogen and oxygen atoms in total. The first-order chi connectivity index (χ1) is 9.86. The Balaban J connectivity index is 2.45. The molecule has 0 aliphatic rings. The minimum atomic E-state index is -4.38. The molecule has 0 bridgehead atoms. The fraction of sp³-hybridized carbons (Fsp3) is 0.0909. The van der Waals surface area contributed by atoms with Gasteiger partial charge >= 0.3 is 5.97 Å². The number of halogens is 2. The van der Waals surface area contributed by atoms with Crippen molar-refractivity contribution in [1.29, 1.82) is 0 Å². The molecule has 0 saturated heterocycles. The van der Waals surface area contributed by atoms with Crippen molar-refractivity contribution >= 4 is 33.0 Å². The Kier molecular flexibility index (Phi) is 4.19. The second kappa shape index (κ2) is 5.74. The maximum Gasteiger partial charge on any atom is 0.358 e. The first-order valence-electron chi connectivity index (χ1n) is 5.35. The third-order valence-corrected chi connectivity index (χ3v) is 5.08. The van der Waals surface area contributed by atoms with Gasteiger partial charge in [0.05, 0.1) is 12.6 Å². The van der Waals surface area contributed by atoms with Gasteiger partial charge in [0.25, 0.3) is 10.0 Å². The van der Waals surface area contributed by atoms with Crippen LogP contribution in [0.1, 0.15) is 10.5 Å². The summed E-state index contributed by atoms with van der Waals surface area (Å²) in [6.07, 6.45) is 0. The van der Waals surface area contributed by atoms with Crippen LogP contribution in [0.15, 0.2) is 27.9 Å². The second-order valence-corrected chi connectivity index (χ2v) is 6.41. The van der Waals surface area contributed by atoms with Crippen LogP contribution in [-0.2, 0) is 14.8 Å². The second-order valence-electron chi connectivity index (χ2n) is 3.68. The van der Waals surface area contributed by atoms with Crippen LogP contribution in [0, 0.1) is 11.6 Å². The number of hydrogen-bond donors (Lipinski definition) is 1. The van der Waals surface area contributed by atoms with Gasteiger partial charge in [0.2, 0.25) is 0 Å². The molecule has 112 valence electrons. The standard InChI is InChI=1S/C11H8F2N2O4S2/c1-19-10(16)9-11(20-5-14-9)21(17,18)15-8-6(12)3-2-4-7(8)13/h2-5,15H,1H3. The molecule has 2 rings (SSSR count). The predicted octanol–water partition coefficient (Wildman–Crippen LogP) is 2.01. The summed E-state index contributed by atoms with van der Waals surface area (Å²) in [5.74, 6) is -3.13. The van der Waals surface area contributed by atoms with Gasteiger partial charge in [-0.3, -0.25) is 4.72 Å². The molecule has 0 atom stereocenters. The molecule has 2 aromatic rings. The summed E-state index contributed by atoms with van der Waals surface area (Å²) < 4.78 is 56.9. The van der Waals surface area contributed by atoms with Crippen molar-refractivity contribution < 1.29 is 26.7 Å². The van der Waals surface area contributed by atoms with E-state index in [2.05, 4.69) is 9.72 Å². The largest absolute Gasteiger partial charge is 0.464 e. The van der Waals surface area contributed by atoms with E-state index >= 15 is 0 Å². The Hall–Kier alpha value is -2.07. The summed E-state index contributed by atoms with van der Waals surface area (Å²) in [5, 5.41) is 0. The first-order valence-corrected chi connectivity index (χ1v) is 7.71. The zero-order valence-electron chi connectivity index (χ0n) is 10.5. The SMILES string of the molecule is COC(=O)c1ncsc1S(=O)(=O)Nc1c(F)cccc1F. The lowest BCUT2D eigenvalue weighted by Gasteiger charge is -2.09. The molecule has 0 radical (unpaired) electrons. The summed E-state index contributed by atoms with van der Waals surface area (Å²) in [5.41, 5.74) is -0.174. The number of rotatable bonds is 4. The van der Waals surface area contributed by atoms with E-state index in [1.807, 2.05) is 0 Å². The topological polar surface area (TPSA) is 85.4 Å². The minimum Gasteiger partial charge on any atom is -0.464 e. The molecular formula is C11H8F2N2O4S2. The van der Waals surface area contributed by atoms with Crippen molar-refractivity contribution in [3.63, 3.8) is 0 Å². The van der Waals surface area contributed by atoms with Crippen LogP contribution in [0.5, 0.6) is 0 Å². The van der Waals surface area contributed by atoms with Crippen LogP contribution < -0.4 is 4.72 Å². The molecule has 0 spiro atoms. The van der Waals surface area contributed by atoms with Gasteiger partial charge < -0.3 is 4.74 Å². The van der Waals surface area contributed by atoms with Crippen LogP contribution in [-0.4, -0.2) is 26.5 Å². The fourth-order valence-corrected chi connectivity index (χ4v) is 3.64. The molecule has 1 aromatic heterocycles. The molecule has 10 heteroatoms. The van der Waals surface area contributed by atoms with Crippen molar-refractivity contribution in [3.05, 3.63) is 41.0 Å². The van der Waals surface area contributed by atoms with Crippen molar-refractivity contribution in [2.75, 3.05) is 11.8 Å². The number of methoxy groups -OCH3 is 1. The fourth-order valence-electron chi connectivity index (χ4n) is 1.43. The number of carbonyl (C=O) groups is 1. The molecular weight excluding hydrogens is 326 g/mol. The molecule has 1 heterocycles. The number of ether oxygens (including phenoxy) is 1. The third-order valence-electron chi connectivity index (χ3n) is 2.36. The zero-order chi connectivity index (χ0) is 15.6. The Morgan fingerprint density at radius 3 is 2.52 bits per heavy atom. The van der Waals surface area contributed by atoms with Crippen molar-refractivity contribution in [2.24, 2.45) is 0 Å². The highest BCUT2D eigenvalue weighted by Crippen LogP contribution is 2.26. The van der Waals surface area contributed by atoms with Gasteiger partial charge in [0.15, 0.2) is 9.90 Å². The van der Waals surface area contributed by atoms with E-state index < -0.39 is 43.2 Å². The molecule has 0 fully saturated rings. The van der Waals surface area contributed by atoms with Crippen LogP contribution in [0.25, 0.3) is 0 Å². The highest BCUT2D eigenvalue weighted by Gasteiger charge is 2.28. The lowest BCUT2D eigenvalue weighted by Crippen LogP contribution is -2.17. The summed E-state index contributed by atoms with van der Waals surface area (Å²) in [4.78, 5) is 15.0. The number of thiazole rings is 1. The van der Waals surface area contributed by atoms with Gasteiger partial charge in [-0.15, -0.1) is 11.3 Å². The third kappa shape index (κ3) is 3.00. The number of nitrogens with one attached hydrogen (secondary N) is 1. The van der Waals surface area contributed by atoms with E-state index in [0.29, 0.717) is 11.3 Å².